The van der Waals surface area contributed by atoms with E-state index < -0.39 is 11.4 Å². The molecule has 0 radical (unpaired) electrons. The van der Waals surface area contributed by atoms with Crippen LogP contribution in [0.5, 0.6) is 5.75 Å². The zero-order valence-electron chi connectivity index (χ0n) is 15.4. The van der Waals surface area contributed by atoms with Crippen molar-refractivity contribution in [3.05, 3.63) is 59.9 Å². The number of carbonyl (C=O) groups excluding carboxylic acids is 1. The second-order valence-corrected chi connectivity index (χ2v) is 7.34. The molecule has 4 rings (SSSR count). The number of fused-ring (bicyclic) bond motifs is 1. The summed E-state index contributed by atoms with van der Waals surface area (Å²) in [5.74, 6) is -0.490. The maximum atomic E-state index is 12.9. The Balaban J connectivity index is 1.42. The molecular weight excluding hydrogens is 360 g/mol. The Bertz CT molecular complexity index is 855. The van der Waals surface area contributed by atoms with Crippen molar-refractivity contribution < 1.29 is 24.2 Å². The molecule has 28 heavy (non-hydrogen) atoms. The number of likely N-dealkylation sites (tertiary alicyclic amines) is 1. The minimum Gasteiger partial charge on any atom is -0.489 e. The molecule has 2 saturated heterocycles. The summed E-state index contributed by atoms with van der Waals surface area (Å²) >= 11 is 0. The summed E-state index contributed by atoms with van der Waals surface area (Å²) in [5, 5.41) is 9.74. The van der Waals surface area contributed by atoms with Gasteiger partial charge < -0.3 is 19.5 Å². The van der Waals surface area contributed by atoms with Crippen molar-refractivity contribution in [1.29, 1.82) is 0 Å². The first-order chi connectivity index (χ1) is 13.6. The van der Waals surface area contributed by atoms with Gasteiger partial charge in [-0.25, -0.2) is 0 Å². The van der Waals surface area contributed by atoms with Gasteiger partial charge in [-0.1, -0.05) is 0 Å². The van der Waals surface area contributed by atoms with Crippen LogP contribution in [0.2, 0.25) is 0 Å². The van der Waals surface area contributed by atoms with E-state index in [0.717, 1.165) is 5.56 Å². The van der Waals surface area contributed by atoms with Gasteiger partial charge in [-0.3, -0.25) is 14.6 Å². The molecule has 2 aliphatic heterocycles. The summed E-state index contributed by atoms with van der Waals surface area (Å²) in [6.45, 7) is 1.87. The van der Waals surface area contributed by atoms with Crippen LogP contribution in [-0.2, 0) is 16.1 Å². The maximum absolute atomic E-state index is 12.9. The zero-order chi connectivity index (χ0) is 19.6. The van der Waals surface area contributed by atoms with Crippen LogP contribution in [0.3, 0.4) is 0 Å². The van der Waals surface area contributed by atoms with Crippen molar-refractivity contribution in [3.63, 3.8) is 0 Å². The molecule has 2 aliphatic rings. The lowest BCUT2D eigenvalue weighted by molar-refractivity contribution is -0.157. The molecule has 3 heterocycles. The average Bonchev–Trinajstić information content (AvgIpc) is 3.14. The molecule has 2 fully saturated rings. The summed E-state index contributed by atoms with van der Waals surface area (Å²) in [6, 6.07) is 10.7. The summed E-state index contributed by atoms with van der Waals surface area (Å²) in [4.78, 5) is 30.4. The quantitative estimate of drug-likeness (QED) is 0.853. The number of carboxylic acid groups (broad SMARTS) is 1. The van der Waals surface area contributed by atoms with E-state index in [1.165, 1.54) is 0 Å². The molecule has 7 heteroatoms. The largest absolute Gasteiger partial charge is 0.489 e. The third-order valence-electron chi connectivity index (χ3n) is 5.68. The van der Waals surface area contributed by atoms with Crippen molar-refractivity contribution in [3.8, 4) is 5.75 Å². The second-order valence-electron chi connectivity index (χ2n) is 7.34. The van der Waals surface area contributed by atoms with E-state index >= 15 is 0 Å². The highest BCUT2D eigenvalue weighted by molar-refractivity contribution is 5.95. The van der Waals surface area contributed by atoms with Crippen LogP contribution in [0.15, 0.2) is 48.8 Å². The number of carbonyl (C=O) groups is 2. The number of benzene rings is 1. The molecular formula is C21H22N2O5. The van der Waals surface area contributed by atoms with Crippen molar-refractivity contribution in [1.82, 2.24) is 9.88 Å². The number of hydrogen-bond donors (Lipinski definition) is 1. The van der Waals surface area contributed by atoms with Crippen LogP contribution in [0, 0.1) is 11.3 Å². The molecule has 1 N–H and O–H groups in total. The summed E-state index contributed by atoms with van der Waals surface area (Å²) in [6.07, 6.45) is 3.87. The third-order valence-corrected chi connectivity index (χ3v) is 5.68. The van der Waals surface area contributed by atoms with Gasteiger partial charge in [0.15, 0.2) is 0 Å². The van der Waals surface area contributed by atoms with E-state index in [9.17, 15) is 14.7 Å². The monoisotopic (exact) mass is 382 g/mol. The van der Waals surface area contributed by atoms with Crippen LogP contribution in [0.1, 0.15) is 22.3 Å². The molecule has 2 aromatic rings. The van der Waals surface area contributed by atoms with Gasteiger partial charge >= 0.3 is 5.97 Å². The van der Waals surface area contributed by atoms with Crippen LogP contribution in [-0.4, -0.2) is 53.2 Å². The Labute approximate surface area is 162 Å². The Kier molecular flexibility index (Phi) is 5.00. The SMILES string of the molecule is O=C(c1ccc(OCc2ccncc2)cc1)N1C[C@H]2COCC[C@@]2(C(=O)O)C1. The smallest absolute Gasteiger partial charge is 0.311 e. The van der Waals surface area contributed by atoms with Crippen molar-refractivity contribution in [2.24, 2.45) is 11.3 Å². The number of nitrogens with zero attached hydrogens (tertiary/aromatic N) is 2. The van der Waals surface area contributed by atoms with Gasteiger partial charge in [-0.15, -0.1) is 0 Å². The topological polar surface area (TPSA) is 89.0 Å². The summed E-state index contributed by atoms with van der Waals surface area (Å²) in [5.41, 5.74) is 0.647. The molecule has 7 nitrogen and oxygen atoms in total. The van der Waals surface area contributed by atoms with Gasteiger partial charge in [0.1, 0.15) is 12.4 Å². The fraction of sp³-hybridized carbons (Fsp3) is 0.381. The number of aromatic nitrogens is 1. The lowest BCUT2D eigenvalue weighted by Crippen LogP contribution is -2.45. The molecule has 0 saturated carbocycles. The van der Waals surface area contributed by atoms with Gasteiger partial charge in [0.2, 0.25) is 0 Å². The number of aliphatic carboxylic acids is 1. The van der Waals surface area contributed by atoms with Gasteiger partial charge in [-0.05, 0) is 48.4 Å². The van der Waals surface area contributed by atoms with Crippen LogP contribution in [0.4, 0.5) is 0 Å². The first-order valence-corrected chi connectivity index (χ1v) is 9.31. The second kappa shape index (κ2) is 7.59. The molecule has 0 spiro atoms. The molecule has 0 bridgehead atoms. The summed E-state index contributed by atoms with van der Waals surface area (Å²) < 4.78 is 11.2. The fourth-order valence-electron chi connectivity index (χ4n) is 3.98. The zero-order valence-corrected chi connectivity index (χ0v) is 15.4. The standard InChI is InChI=1S/C21H22N2O5/c24-19(23-11-17-13-27-10-7-21(17,14-23)20(25)26)16-1-3-18(4-2-16)28-12-15-5-8-22-9-6-15/h1-6,8-9,17H,7,10-14H2,(H,25,26)/t17-,21+/m0/s1. The number of amides is 1. The average molecular weight is 382 g/mol. The van der Waals surface area contributed by atoms with Crippen LogP contribution >= 0.6 is 0 Å². The van der Waals surface area contributed by atoms with Crippen LogP contribution in [0.25, 0.3) is 0 Å². The molecule has 1 aromatic carbocycles. The highest BCUT2D eigenvalue weighted by Crippen LogP contribution is 2.42. The number of hydrogen-bond acceptors (Lipinski definition) is 5. The third kappa shape index (κ3) is 3.45. The Morgan fingerprint density at radius 2 is 1.96 bits per heavy atom. The van der Waals surface area contributed by atoms with E-state index in [0.29, 0.717) is 44.1 Å². The van der Waals surface area contributed by atoms with E-state index in [4.69, 9.17) is 9.47 Å². The van der Waals surface area contributed by atoms with Crippen molar-refractivity contribution in [2.45, 2.75) is 13.0 Å². The molecule has 2 atom stereocenters. The van der Waals surface area contributed by atoms with E-state index in [-0.39, 0.29) is 18.4 Å². The number of pyridine rings is 1. The van der Waals surface area contributed by atoms with Gasteiger partial charge in [0.05, 0.1) is 12.0 Å². The first-order valence-electron chi connectivity index (χ1n) is 9.31. The minimum atomic E-state index is -0.887. The number of ether oxygens (including phenoxy) is 2. The fourth-order valence-corrected chi connectivity index (χ4v) is 3.98. The van der Waals surface area contributed by atoms with Crippen molar-refractivity contribution in [2.75, 3.05) is 26.3 Å². The highest BCUT2D eigenvalue weighted by Gasteiger charge is 2.54. The highest BCUT2D eigenvalue weighted by atomic mass is 16.5. The molecule has 0 aliphatic carbocycles. The maximum Gasteiger partial charge on any atom is 0.311 e. The Morgan fingerprint density at radius 3 is 2.64 bits per heavy atom. The van der Waals surface area contributed by atoms with Gasteiger partial charge in [0, 0.05) is 43.6 Å². The molecule has 1 aromatic heterocycles. The van der Waals surface area contributed by atoms with E-state index in [2.05, 4.69) is 4.98 Å². The lowest BCUT2D eigenvalue weighted by Gasteiger charge is -2.33. The summed E-state index contributed by atoms with van der Waals surface area (Å²) in [7, 11) is 0. The molecule has 1 amide bonds. The van der Waals surface area contributed by atoms with Crippen LogP contribution < -0.4 is 4.74 Å². The van der Waals surface area contributed by atoms with Gasteiger partial charge in [-0.2, -0.15) is 0 Å². The number of rotatable bonds is 5. The molecule has 146 valence electrons. The first kappa shape index (κ1) is 18.4. The van der Waals surface area contributed by atoms with E-state index in [1.807, 2.05) is 12.1 Å². The Hall–Kier alpha value is -2.93. The normalized spacial score (nSPS) is 23.9. The predicted octanol–water partition coefficient (Wildman–Crippen LogP) is 2.22. The van der Waals surface area contributed by atoms with Crippen molar-refractivity contribution >= 4 is 11.9 Å². The number of carboxylic acids is 1. The Morgan fingerprint density at radius 1 is 1.21 bits per heavy atom. The minimum absolute atomic E-state index is 0.157. The van der Waals surface area contributed by atoms with Gasteiger partial charge in [0.25, 0.3) is 5.91 Å². The lowest BCUT2D eigenvalue weighted by atomic mass is 9.74. The molecule has 0 unspecified atom stereocenters. The predicted molar refractivity (Wildman–Crippen MR) is 99.9 cm³/mol. The van der Waals surface area contributed by atoms with E-state index in [1.54, 1.807) is 41.6 Å².